The van der Waals surface area contributed by atoms with Crippen LogP contribution in [0, 0.1) is 0 Å². The second-order valence-corrected chi connectivity index (χ2v) is 5.54. The van der Waals surface area contributed by atoms with Gasteiger partial charge in [0.15, 0.2) is 0 Å². The number of imidazole rings is 1. The van der Waals surface area contributed by atoms with Crippen molar-refractivity contribution in [2.45, 2.75) is 38.5 Å². The Balaban J connectivity index is 1.51. The summed E-state index contributed by atoms with van der Waals surface area (Å²) in [5, 5.41) is 2.85. The predicted octanol–water partition coefficient (Wildman–Crippen LogP) is 2.44. The lowest BCUT2D eigenvalue weighted by Gasteiger charge is -2.04. The minimum Gasteiger partial charge on any atom is -0.356 e. The highest BCUT2D eigenvalue weighted by Gasteiger charge is 2.06. The quantitative estimate of drug-likeness (QED) is 0.707. The van der Waals surface area contributed by atoms with Gasteiger partial charge in [-0.1, -0.05) is 30.3 Å². The second-order valence-electron chi connectivity index (χ2n) is 5.54. The molecule has 0 aliphatic rings. The fraction of sp³-hybridized carbons (Fsp3) is 0.389. The molecule has 0 saturated heterocycles. The van der Waals surface area contributed by atoms with Gasteiger partial charge in [0.25, 0.3) is 0 Å². The van der Waals surface area contributed by atoms with Gasteiger partial charge in [0, 0.05) is 38.4 Å². The lowest BCUT2D eigenvalue weighted by Crippen LogP contribution is -2.25. The smallest absolute Gasteiger partial charge is 0.220 e. The molecule has 0 fully saturated rings. The number of nitrogens with one attached hydrogen (secondary N) is 2. The molecule has 1 amide bonds. The third-order valence-electron chi connectivity index (χ3n) is 3.65. The van der Waals surface area contributed by atoms with Gasteiger partial charge in [-0.2, -0.15) is 0 Å². The molecule has 2 N–H and O–H groups in total. The van der Waals surface area contributed by atoms with Gasteiger partial charge >= 0.3 is 0 Å². The summed E-state index contributed by atoms with van der Waals surface area (Å²) in [6, 6.07) is 9.98. The molecule has 5 nitrogen and oxygen atoms in total. The molecule has 2 rings (SSSR count). The number of amides is 1. The van der Waals surface area contributed by atoms with Crippen LogP contribution in [0.4, 0.5) is 0 Å². The summed E-state index contributed by atoms with van der Waals surface area (Å²) >= 11 is 0. The van der Waals surface area contributed by atoms with E-state index in [0.29, 0.717) is 38.6 Å². The van der Waals surface area contributed by atoms with Gasteiger partial charge in [0.05, 0.1) is 12.0 Å². The SMILES string of the molecule is O=C(CCCC(=O)NCCc1c[nH]cn1)CCc1ccccc1. The van der Waals surface area contributed by atoms with E-state index in [9.17, 15) is 9.59 Å². The fourth-order valence-corrected chi connectivity index (χ4v) is 2.35. The molecule has 2 aromatic rings. The van der Waals surface area contributed by atoms with Crippen LogP contribution in [-0.2, 0) is 22.4 Å². The van der Waals surface area contributed by atoms with Gasteiger partial charge in [-0.05, 0) is 18.4 Å². The number of aryl methyl sites for hydroxylation is 1. The van der Waals surface area contributed by atoms with Crippen LogP contribution in [0.15, 0.2) is 42.9 Å². The summed E-state index contributed by atoms with van der Waals surface area (Å²) in [4.78, 5) is 30.5. The molecule has 1 aromatic carbocycles. The van der Waals surface area contributed by atoms with Crippen molar-refractivity contribution in [1.29, 1.82) is 0 Å². The van der Waals surface area contributed by atoms with Crippen LogP contribution in [-0.4, -0.2) is 28.2 Å². The van der Waals surface area contributed by atoms with Crippen LogP contribution >= 0.6 is 0 Å². The van der Waals surface area contributed by atoms with Crippen LogP contribution in [0.5, 0.6) is 0 Å². The monoisotopic (exact) mass is 313 g/mol. The van der Waals surface area contributed by atoms with E-state index in [4.69, 9.17) is 0 Å². The minimum absolute atomic E-state index is 0.00334. The van der Waals surface area contributed by atoms with Gasteiger partial charge in [0.2, 0.25) is 5.91 Å². The standard InChI is InChI=1S/C18H23N3O2/c22-17(10-9-15-5-2-1-3-6-15)7-4-8-18(23)20-12-11-16-13-19-14-21-16/h1-3,5-6,13-14H,4,7-12H2,(H,19,21)(H,20,23). The first-order valence-electron chi connectivity index (χ1n) is 8.04. The molecular weight excluding hydrogens is 290 g/mol. The summed E-state index contributed by atoms with van der Waals surface area (Å²) in [5.74, 6) is 0.217. The van der Waals surface area contributed by atoms with Crippen LogP contribution in [0.25, 0.3) is 0 Å². The zero-order chi connectivity index (χ0) is 16.3. The summed E-state index contributed by atoms with van der Waals surface area (Å²) < 4.78 is 0. The van der Waals surface area contributed by atoms with Gasteiger partial charge < -0.3 is 10.3 Å². The van der Waals surface area contributed by atoms with Crippen molar-refractivity contribution in [1.82, 2.24) is 15.3 Å². The number of benzene rings is 1. The maximum atomic E-state index is 11.8. The van der Waals surface area contributed by atoms with Crippen LogP contribution < -0.4 is 5.32 Å². The van der Waals surface area contributed by atoms with Crippen LogP contribution in [0.2, 0.25) is 0 Å². The maximum Gasteiger partial charge on any atom is 0.220 e. The van der Waals surface area contributed by atoms with E-state index in [0.717, 1.165) is 12.1 Å². The number of hydrogen-bond acceptors (Lipinski definition) is 3. The number of hydrogen-bond donors (Lipinski definition) is 2. The molecule has 5 heteroatoms. The number of ketones is 1. The Morgan fingerprint density at radius 2 is 1.87 bits per heavy atom. The maximum absolute atomic E-state index is 11.8. The molecule has 0 aliphatic carbocycles. The van der Waals surface area contributed by atoms with Crippen molar-refractivity contribution in [3.63, 3.8) is 0 Å². The Labute approximate surface area is 136 Å². The molecule has 0 aliphatic heterocycles. The molecule has 1 aromatic heterocycles. The summed E-state index contributed by atoms with van der Waals surface area (Å²) in [6.07, 6.45) is 6.96. The number of Topliss-reactive ketones (excluding diaryl/α,β-unsaturated/α-hetero) is 1. The highest BCUT2D eigenvalue weighted by molar-refractivity contribution is 5.80. The van der Waals surface area contributed by atoms with Crippen molar-refractivity contribution in [2.75, 3.05) is 6.54 Å². The van der Waals surface area contributed by atoms with Gasteiger partial charge in [-0.15, -0.1) is 0 Å². The normalized spacial score (nSPS) is 10.4. The van der Waals surface area contributed by atoms with Gasteiger partial charge in [0.1, 0.15) is 5.78 Å². The highest BCUT2D eigenvalue weighted by Crippen LogP contribution is 2.06. The van der Waals surface area contributed by atoms with E-state index in [2.05, 4.69) is 15.3 Å². The average molecular weight is 313 g/mol. The first-order valence-corrected chi connectivity index (χ1v) is 8.04. The Morgan fingerprint density at radius 1 is 1.04 bits per heavy atom. The zero-order valence-electron chi connectivity index (χ0n) is 13.3. The predicted molar refractivity (Wildman–Crippen MR) is 88.9 cm³/mol. The molecule has 122 valence electrons. The zero-order valence-corrected chi connectivity index (χ0v) is 13.3. The van der Waals surface area contributed by atoms with Crippen molar-refractivity contribution in [3.8, 4) is 0 Å². The second kappa shape index (κ2) is 9.56. The van der Waals surface area contributed by atoms with Crippen molar-refractivity contribution in [3.05, 3.63) is 54.1 Å². The molecule has 0 spiro atoms. The molecule has 23 heavy (non-hydrogen) atoms. The molecule has 1 heterocycles. The number of rotatable bonds is 10. The number of aromatic amines is 1. The molecule has 0 atom stereocenters. The topological polar surface area (TPSA) is 74.8 Å². The Hall–Kier alpha value is -2.43. The molecular formula is C18H23N3O2. The van der Waals surface area contributed by atoms with E-state index < -0.39 is 0 Å². The Kier molecular flexibility index (Phi) is 7.04. The third-order valence-corrected chi connectivity index (χ3v) is 3.65. The summed E-state index contributed by atoms with van der Waals surface area (Å²) in [7, 11) is 0. The first-order chi connectivity index (χ1) is 11.2. The van der Waals surface area contributed by atoms with Gasteiger partial charge in [-0.3, -0.25) is 9.59 Å². The van der Waals surface area contributed by atoms with Crippen molar-refractivity contribution < 1.29 is 9.59 Å². The first kappa shape index (κ1) is 16.9. The van der Waals surface area contributed by atoms with Gasteiger partial charge in [-0.25, -0.2) is 4.98 Å². The van der Waals surface area contributed by atoms with Crippen molar-refractivity contribution >= 4 is 11.7 Å². The van der Waals surface area contributed by atoms with Crippen LogP contribution in [0.3, 0.4) is 0 Å². The lowest BCUT2D eigenvalue weighted by atomic mass is 10.0. The summed E-state index contributed by atoms with van der Waals surface area (Å²) in [6.45, 7) is 0.575. The summed E-state index contributed by atoms with van der Waals surface area (Å²) in [5.41, 5.74) is 2.11. The van der Waals surface area contributed by atoms with Crippen LogP contribution in [0.1, 0.15) is 36.9 Å². The molecule has 0 radical (unpaired) electrons. The van der Waals surface area contributed by atoms with E-state index in [1.807, 2.05) is 36.5 Å². The number of H-pyrrole nitrogens is 1. The molecule has 0 bridgehead atoms. The Morgan fingerprint density at radius 3 is 2.61 bits per heavy atom. The molecule has 0 saturated carbocycles. The van der Waals surface area contributed by atoms with Crippen molar-refractivity contribution in [2.24, 2.45) is 0 Å². The third kappa shape index (κ3) is 6.91. The lowest BCUT2D eigenvalue weighted by molar-refractivity contribution is -0.121. The average Bonchev–Trinajstić information content (AvgIpc) is 3.07. The number of carbonyl (C=O) groups excluding carboxylic acids is 2. The van der Waals surface area contributed by atoms with E-state index in [1.54, 1.807) is 6.33 Å². The fourth-order valence-electron chi connectivity index (χ4n) is 2.35. The highest BCUT2D eigenvalue weighted by atomic mass is 16.1. The Bertz CT molecular complexity index is 594. The largest absolute Gasteiger partial charge is 0.356 e. The number of nitrogens with zero attached hydrogens (tertiary/aromatic N) is 1. The number of carbonyl (C=O) groups is 2. The number of aromatic nitrogens is 2. The van der Waals surface area contributed by atoms with E-state index in [1.165, 1.54) is 5.56 Å². The minimum atomic E-state index is -0.00334. The van der Waals surface area contributed by atoms with E-state index >= 15 is 0 Å². The van der Waals surface area contributed by atoms with E-state index in [-0.39, 0.29) is 11.7 Å². The molecule has 0 unspecified atom stereocenters.